The van der Waals surface area contributed by atoms with Crippen molar-refractivity contribution in [1.82, 2.24) is 10.2 Å². The second-order valence-corrected chi connectivity index (χ2v) is 5.95. The first-order valence-corrected chi connectivity index (χ1v) is 8.06. The molecule has 1 N–H and O–H groups in total. The van der Waals surface area contributed by atoms with E-state index in [1.54, 1.807) is 0 Å². The minimum absolute atomic E-state index is 0.600. The Balaban J connectivity index is 1.60. The van der Waals surface area contributed by atoms with Gasteiger partial charge in [0.25, 0.3) is 0 Å². The second-order valence-electron chi connectivity index (χ2n) is 5.95. The molecule has 1 saturated heterocycles. The minimum Gasteiger partial charge on any atom is -0.492 e. The molecule has 3 nitrogen and oxygen atoms in total. The third-order valence-electron chi connectivity index (χ3n) is 4.66. The zero-order valence-electron chi connectivity index (χ0n) is 12.5. The number of fused-ring (bicyclic) bond motifs is 1. The average Bonchev–Trinajstić information content (AvgIpc) is 2.53. The van der Waals surface area contributed by atoms with Gasteiger partial charge in [-0.05, 0) is 62.2 Å². The number of nitrogens with zero attached hydrogens (tertiary/aromatic N) is 1. The maximum atomic E-state index is 6.07. The van der Waals surface area contributed by atoms with Crippen LogP contribution in [0, 0.1) is 0 Å². The molecule has 2 aliphatic rings. The average molecular weight is 274 g/mol. The molecule has 1 aromatic carbocycles. The van der Waals surface area contributed by atoms with Crippen molar-refractivity contribution in [3.8, 4) is 5.75 Å². The van der Waals surface area contributed by atoms with Crippen molar-refractivity contribution < 1.29 is 4.74 Å². The SMILES string of the molecule is CCN1CCCCC1COc1ccc2c(c1)CNCC2. The van der Waals surface area contributed by atoms with Gasteiger partial charge in [0.15, 0.2) is 0 Å². The van der Waals surface area contributed by atoms with Gasteiger partial charge >= 0.3 is 0 Å². The van der Waals surface area contributed by atoms with E-state index in [1.807, 2.05) is 0 Å². The first-order chi connectivity index (χ1) is 9.86. The molecule has 3 heteroatoms. The summed E-state index contributed by atoms with van der Waals surface area (Å²) in [6.07, 6.45) is 5.11. The predicted octanol–water partition coefficient (Wildman–Crippen LogP) is 2.59. The standard InChI is InChI=1S/C17H26N2O/c1-2-19-10-4-3-5-16(19)13-20-17-7-6-14-8-9-18-12-15(14)11-17/h6-7,11,16,18H,2-5,8-10,12-13H2,1H3. The maximum Gasteiger partial charge on any atom is 0.119 e. The molecule has 110 valence electrons. The molecule has 2 aliphatic heterocycles. The van der Waals surface area contributed by atoms with Crippen LogP contribution in [0.15, 0.2) is 18.2 Å². The van der Waals surface area contributed by atoms with Crippen molar-refractivity contribution in [3.05, 3.63) is 29.3 Å². The van der Waals surface area contributed by atoms with E-state index in [9.17, 15) is 0 Å². The van der Waals surface area contributed by atoms with E-state index in [2.05, 4.69) is 35.3 Å². The highest BCUT2D eigenvalue weighted by Crippen LogP contribution is 2.22. The van der Waals surface area contributed by atoms with Crippen LogP contribution in [0.4, 0.5) is 0 Å². The summed E-state index contributed by atoms with van der Waals surface area (Å²) in [5.41, 5.74) is 2.88. The molecule has 0 radical (unpaired) electrons. The Kier molecular flexibility index (Phi) is 4.58. The number of hydrogen-bond donors (Lipinski definition) is 1. The van der Waals surface area contributed by atoms with Crippen molar-refractivity contribution in [2.24, 2.45) is 0 Å². The topological polar surface area (TPSA) is 24.5 Å². The largest absolute Gasteiger partial charge is 0.492 e. The Labute approximate surface area is 122 Å². The van der Waals surface area contributed by atoms with E-state index < -0.39 is 0 Å². The lowest BCUT2D eigenvalue weighted by Crippen LogP contribution is -2.42. The molecule has 1 atom stereocenters. The molecule has 2 heterocycles. The van der Waals surface area contributed by atoms with Gasteiger partial charge < -0.3 is 10.1 Å². The van der Waals surface area contributed by atoms with E-state index in [0.717, 1.165) is 38.4 Å². The minimum atomic E-state index is 0.600. The lowest BCUT2D eigenvalue weighted by atomic mass is 10.0. The molecule has 0 spiro atoms. The van der Waals surface area contributed by atoms with Gasteiger partial charge in [0, 0.05) is 12.6 Å². The van der Waals surface area contributed by atoms with Crippen molar-refractivity contribution in [2.45, 2.75) is 45.2 Å². The van der Waals surface area contributed by atoms with Crippen LogP contribution in [-0.4, -0.2) is 37.2 Å². The number of piperidine rings is 1. The molecule has 0 saturated carbocycles. The van der Waals surface area contributed by atoms with E-state index in [0.29, 0.717) is 6.04 Å². The summed E-state index contributed by atoms with van der Waals surface area (Å²) in [7, 11) is 0. The maximum absolute atomic E-state index is 6.07. The molecular weight excluding hydrogens is 248 g/mol. The highest BCUT2D eigenvalue weighted by molar-refractivity contribution is 5.37. The Bertz CT molecular complexity index is 447. The van der Waals surface area contributed by atoms with Gasteiger partial charge in [-0.2, -0.15) is 0 Å². The van der Waals surface area contributed by atoms with E-state index in [1.165, 1.54) is 36.9 Å². The molecule has 1 fully saturated rings. The summed E-state index contributed by atoms with van der Waals surface area (Å²) in [5, 5.41) is 3.43. The molecule has 20 heavy (non-hydrogen) atoms. The molecule has 0 aromatic heterocycles. The molecule has 1 unspecified atom stereocenters. The molecular formula is C17H26N2O. The lowest BCUT2D eigenvalue weighted by Gasteiger charge is -2.34. The molecule has 0 bridgehead atoms. The summed E-state index contributed by atoms with van der Waals surface area (Å²) in [6.45, 7) is 7.54. The number of ether oxygens (including phenoxy) is 1. The van der Waals surface area contributed by atoms with Gasteiger partial charge in [0.2, 0.25) is 0 Å². The number of likely N-dealkylation sites (tertiary alicyclic amines) is 1. The van der Waals surface area contributed by atoms with Crippen LogP contribution in [0.1, 0.15) is 37.3 Å². The summed E-state index contributed by atoms with van der Waals surface area (Å²) >= 11 is 0. The van der Waals surface area contributed by atoms with Crippen LogP contribution < -0.4 is 10.1 Å². The van der Waals surface area contributed by atoms with Gasteiger partial charge in [0.1, 0.15) is 12.4 Å². The van der Waals surface area contributed by atoms with Crippen LogP contribution in [0.2, 0.25) is 0 Å². The molecule has 0 amide bonds. The number of rotatable bonds is 4. The summed E-state index contributed by atoms with van der Waals surface area (Å²) in [4.78, 5) is 2.56. The third kappa shape index (κ3) is 3.15. The van der Waals surface area contributed by atoms with Crippen LogP contribution in [0.25, 0.3) is 0 Å². The summed E-state index contributed by atoms with van der Waals surface area (Å²) < 4.78 is 6.07. The van der Waals surface area contributed by atoms with Crippen LogP contribution in [0.5, 0.6) is 5.75 Å². The Morgan fingerprint density at radius 1 is 1.30 bits per heavy atom. The van der Waals surface area contributed by atoms with Crippen molar-refractivity contribution in [2.75, 3.05) is 26.2 Å². The number of hydrogen-bond acceptors (Lipinski definition) is 3. The highest BCUT2D eigenvalue weighted by Gasteiger charge is 2.21. The molecule has 1 aromatic rings. The Hall–Kier alpha value is -1.06. The quantitative estimate of drug-likeness (QED) is 0.913. The molecule has 3 rings (SSSR count). The number of likely N-dealkylation sites (N-methyl/N-ethyl adjacent to an activating group) is 1. The van der Waals surface area contributed by atoms with E-state index >= 15 is 0 Å². The van der Waals surface area contributed by atoms with Crippen molar-refractivity contribution in [3.63, 3.8) is 0 Å². The summed E-state index contributed by atoms with van der Waals surface area (Å²) in [6, 6.07) is 7.20. The second kappa shape index (κ2) is 6.59. The van der Waals surface area contributed by atoms with Crippen molar-refractivity contribution in [1.29, 1.82) is 0 Å². The van der Waals surface area contributed by atoms with Gasteiger partial charge in [-0.3, -0.25) is 4.90 Å². The van der Waals surface area contributed by atoms with Crippen LogP contribution in [0.3, 0.4) is 0 Å². The van der Waals surface area contributed by atoms with Crippen molar-refractivity contribution >= 4 is 0 Å². The Morgan fingerprint density at radius 3 is 3.15 bits per heavy atom. The fraction of sp³-hybridized carbons (Fsp3) is 0.647. The molecule has 0 aliphatic carbocycles. The fourth-order valence-corrected chi connectivity index (χ4v) is 3.40. The smallest absolute Gasteiger partial charge is 0.119 e. The van der Waals surface area contributed by atoms with Gasteiger partial charge in [0.05, 0.1) is 0 Å². The first-order valence-electron chi connectivity index (χ1n) is 8.06. The van der Waals surface area contributed by atoms with Gasteiger partial charge in [-0.25, -0.2) is 0 Å². The monoisotopic (exact) mass is 274 g/mol. The number of nitrogens with one attached hydrogen (secondary N) is 1. The first kappa shape index (κ1) is 13.9. The fourth-order valence-electron chi connectivity index (χ4n) is 3.40. The van der Waals surface area contributed by atoms with Crippen LogP contribution in [-0.2, 0) is 13.0 Å². The zero-order valence-corrected chi connectivity index (χ0v) is 12.5. The number of benzene rings is 1. The van der Waals surface area contributed by atoms with Crippen LogP contribution >= 0.6 is 0 Å². The summed E-state index contributed by atoms with van der Waals surface area (Å²) in [5.74, 6) is 1.04. The normalized spacial score (nSPS) is 23.4. The third-order valence-corrected chi connectivity index (χ3v) is 4.66. The van der Waals surface area contributed by atoms with Gasteiger partial charge in [-0.1, -0.05) is 19.4 Å². The predicted molar refractivity (Wildman–Crippen MR) is 82.2 cm³/mol. The zero-order chi connectivity index (χ0) is 13.8. The lowest BCUT2D eigenvalue weighted by molar-refractivity contribution is 0.105. The highest BCUT2D eigenvalue weighted by atomic mass is 16.5. The van der Waals surface area contributed by atoms with E-state index in [4.69, 9.17) is 4.74 Å². The van der Waals surface area contributed by atoms with Gasteiger partial charge in [-0.15, -0.1) is 0 Å². The Morgan fingerprint density at radius 2 is 2.25 bits per heavy atom. The van der Waals surface area contributed by atoms with E-state index in [-0.39, 0.29) is 0 Å².